The molecule has 0 radical (unpaired) electrons. The first-order chi connectivity index (χ1) is 6.47. The Morgan fingerprint density at radius 1 is 1.36 bits per heavy atom. The quantitative estimate of drug-likeness (QED) is 0.444. The van der Waals surface area contributed by atoms with Crippen LogP contribution in [0.4, 0.5) is 4.79 Å². The van der Waals surface area contributed by atoms with Crippen molar-refractivity contribution < 1.29 is 14.3 Å². The average molecular weight is 314 g/mol. The second-order valence-corrected chi connectivity index (χ2v) is 5.45. The Balaban J connectivity index is 0.000000249. The molecule has 1 rings (SSSR count). The molecular formula is C10H19IO3. The lowest BCUT2D eigenvalue weighted by molar-refractivity contribution is 0.0724. The fourth-order valence-electron chi connectivity index (χ4n) is 0.944. The lowest BCUT2D eigenvalue weighted by Crippen LogP contribution is -2.07. The number of hydrogen-bond acceptors (Lipinski definition) is 3. The summed E-state index contributed by atoms with van der Waals surface area (Å²) in [5, 5.41) is 0. The van der Waals surface area contributed by atoms with Crippen molar-refractivity contribution in [3.05, 3.63) is 0 Å². The monoisotopic (exact) mass is 314 g/mol. The second-order valence-electron chi connectivity index (χ2n) is 3.70. The largest absolute Gasteiger partial charge is 0.509 e. The van der Waals surface area contributed by atoms with Gasteiger partial charge in [0.1, 0.15) is 0 Å². The van der Waals surface area contributed by atoms with Crippen LogP contribution >= 0.6 is 22.6 Å². The Hall–Kier alpha value is 0. The molecule has 1 atom stereocenters. The summed E-state index contributed by atoms with van der Waals surface area (Å²) in [6, 6.07) is 0. The van der Waals surface area contributed by atoms with E-state index in [0.717, 1.165) is 11.8 Å². The van der Waals surface area contributed by atoms with Crippen molar-refractivity contribution in [2.24, 2.45) is 11.8 Å². The summed E-state index contributed by atoms with van der Waals surface area (Å²) in [6.45, 7) is 6.35. The molecule has 1 unspecified atom stereocenters. The molecule has 0 aromatic heterocycles. The van der Waals surface area contributed by atoms with Crippen LogP contribution in [-0.2, 0) is 9.47 Å². The minimum Gasteiger partial charge on any atom is -0.438 e. The van der Waals surface area contributed by atoms with E-state index in [9.17, 15) is 4.79 Å². The van der Waals surface area contributed by atoms with E-state index in [1.165, 1.54) is 20.0 Å². The molecule has 1 saturated carbocycles. The van der Waals surface area contributed by atoms with Crippen molar-refractivity contribution in [3.63, 3.8) is 0 Å². The molecular weight excluding hydrogens is 295 g/mol. The Labute approximate surface area is 99.7 Å². The van der Waals surface area contributed by atoms with Gasteiger partial charge in [0.05, 0.1) is 7.11 Å². The topological polar surface area (TPSA) is 35.5 Å². The van der Waals surface area contributed by atoms with Gasteiger partial charge in [0.2, 0.25) is 0 Å². The van der Waals surface area contributed by atoms with Crippen LogP contribution in [0.5, 0.6) is 0 Å². The van der Waals surface area contributed by atoms with Crippen LogP contribution in [0.1, 0.15) is 33.6 Å². The Bertz CT molecular complexity index is 165. The van der Waals surface area contributed by atoms with E-state index >= 15 is 0 Å². The maximum Gasteiger partial charge on any atom is 0.509 e. The molecule has 0 bridgehead atoms. The first-order valence-corrected chi connectivity index (χ1v) is 6.10. The maximum absolute atomic E-state index is 10.2. The number of rotatable bonds is 2. The van der Waals surface area contributed by atoms with E-state index in [4.69, 9.17) is 0 Å². The van der Waals surface area contributed by atoms with Crippen molar-refractivity contribution in [1.82, 2.24) is 0 Å². The SMILES string of the molecule is CC(C)C1CC1.COC(=O)OC(C)I. The summed E-state index contributed by atoms with van der Waals surface area (Å²) >= 11 is 1.96. The molecule has 0 amide bonds. The summed E-state index contributed by atoms with van der Waals surface area (Å²) in [5.74, 6) is 2.06. The third-order valence-corrected chi connectivity index (χ3v) is 2.24. The molecule has 0 saturated heterocycles. The normalized spacial score (nSPS) is 16.7. The number of ether oxygens (including phenoxy) is 2. The van der Waals surface area contributed by atoms with Gasteiger partial charge < -0.3 is 9.47 Å². The van der Waals surface area contributed by atoms with Crippen molar-refractivity contribution in [2.45, 2.75) is 37.7 Å². The summed E-state index contributed by atoms with van der Waals surface area (Å²) in [6.07, 6.45) is 2.36. The van der Waals surface area contributed by atoms with Gasteiger partial charge in [-0.2, -0.15) is 0 Å². The van der Waals surface area contributed by atoms with E-state index in [1.54, 1.807) is 6.92 Å². The Kier molecular flexibility index (Phi) is 7.31. The highest BCUT2D eigenvalue weighted by molar-refractivity contribution is 14.1. The molecule has 0 N–H and O–H groups in total. The summed E-state index contributed by atoms with van der Waals surface area (Å²) in [7, 11) is 1.28. The Morgan fingerprint density at radius 2 is 1.86 bits per heavy atom. The number of halogens is 1. The molecule has 0 aliphatic heterocycles. The third kappa shape index (κ3) is 8.59. The van der Waals surface area contributed by atoms with Gasteiger partial charge in [-0.15, -0.1) is 0 Å². The molecule has 1 aliphatic rings. The van der Waals surface area contributed by atoms with Crippen molar-refractivity contribution >= 4 is 28.7 Å². The van der Waals surface area contributed by atoms with E-state index in [1.807, 2.05) is 22.6 Å². The minimum atomic E-state index is -0.633. The maximum atomic E-state index is 10.2. The molecule has 1 fully saturated rings. The van der Waals surface area contributed by atoms with Crippen LogP contribution in [0.25, 0.3) is 0 Å². The molecule has 3 nitrogen and oxygen atoms in total. The van der Waals surface area contributed by atoms with Gasteiger partial charge >= 0.3 is 6.16 Å². The van der Waals surface area contributed by atoms with Crippen LogP contribution in [0.15, 0.2) is 0 Å². The number of carbonyl (C=O) groups excluding carboxylic acids is 1. The van der Waals surface area contributed by atoms with Crippen LogP contribution in [0.3, 0.4) is 0 Å². The zero-order chi connectivity index (χ0) is 11.1. The molecule has 0 spiro atoms. The fraction of sp³-hybridized carbons (Fsp3) is 0.900. The highest BCUT2D eigenvalue weighted by atomic mass is 127. The fourth-order valence-corrected chi connectivity index (χ4v) is 1.15. The van der Waals surface area contributed by atoms with Crippen LogP contribution in [0, 0.1) is 11.8 Å². The minimum absolute atomic E-state index is 0.125. The zero-order valence-corrected chi connectivity index (χ0v) is 11.4. The number of methoxy groups -OCH3 is 1. The highest BCUT2D eigenvalue weighted by Crippen LogP contribution is 2.35. The highest BCUT2D eigenvalue weighted by Gasteiger charge is 2.23. The lowest BCUT2D eigenvalue weighted by Gasteiger charge is -2.02. The van der Waals surface area contributed by atoms with Crippen molar-refractivity contribution in [3.8, 4) is 0 Å². The first-order valence-electron chi connectivity index (χ1n) is 4.86. The predicted molar refractivity (Wildman–Crippen MR) is 64.5 cm³/mol. The molecule has 84 valence electrons. The smallest absolute Gasteiger partial charge is 0.438 e. The standard InChI is InChI=1S/C6H12.C4H7IO3/c1-5(2)6-3-4-6;1-3(5)8-4(6)7-2/h5-6H,3-4H2,1-2H3;3H,1-2H3. The predicted octanol–water partition coefficient (Wildman–Crippen LogP) is 3.60. The van der Waals surface area contributed by atoms with Gasteiger partial charge in [-0.1, -0.05) is 13.8 Å². The van der Waals surface area contributed by atoms with Gasteiger partial charge in [0.15, 0.2) is 4.11 Å². The van der Waals surface area contributed by atoms with E-state index < -0.39 is 6.16 Å². The summed E-state index contributed by atoms with van der Waals surface area (Å²) in [5.41, 5.74) is 0. The van der Waals surface area contributed by atoms with Crippen LogP contribution in [0.2, 0.25) is 0 Å². The zero-order valence-electron chi connectivity index (χ0n) is 9.25. The molecule has 0 aromatic carbocycles. The van der Waals surface area contributed by atoms with Crippen molar-refractivity contribution in [1.29, 1.82) is 0 Å². The second kappa shape index (κ2) is 7.31. The van der Waals surface area contributed by atoms with Gasteiger partial charge in [-0.05, 0) is 54.2 Å². The molecule has 0 heterocycles. The molecule has 4 heteroatoms. The number of hydrogen-bond donors (Lipinski definition) is 0. The van der Waals surface area contributed by atoms with Crippen LogP contribution < -0.4 is 0 Å². The van der Waals surface area contributed by atoms with E-state index in [0.29, 0.717) is 0 Å². The average Bonchev–Trinajstić information content (AvgIpc) is 2.85. The van der Waals surface area contributed by atoms with Gasteiger partial charge in [-0.3, -0.25) is 0 Å². The van der Waals surface area contributed by atoms with E-state index in [-0.39, 0.29) is 4.11 Å². The number of carbonyl (C=O) groups is 1. The third-order valence-electron chi connectivity index (χ3n) is 1.99. The Morgan fingerprint density at radius 3 is 1.93 bits per heavy atom. The van der Waals surface area contributed by atoms with Gasteiger partial charge in [0.25, 0.3) is 0 Å². The van der Waals surface area contributed by atoms with Gasteiger partial charge in [0, 0.05) is 0 Å². The van der Waals surface area contributed by atoms with E-state index in [2.05, 4.69) is 23.3 Å². The van der Waals surface area contributed by atoms with Crippen LogP contribution in [-0.4, -0.2) is 17.4 Å². The lowest BCUT2D eigenvalue weighted by atomic mass is 10.1. The molecule has 14 heavy (non-hydrogen) atoms. The first kappa shape index (κ1) is 14.0. The van der Waals surface area contributed by atoms with Gasteiger partial charge in [-0.25, -0.2) is 4.79 Å². The molecule has 0 aromatic rings. The summed E-state index contributed by atoms with van der Waals surface area (Å²) < 4.78 is 8.59. The summed E-state index contributed by atoms with van der Waals surface area (Å²) in [4.78, 5) is 10.2. The number of alkyl halides is 1. The van der Waals surface area contributed by atoms with Crippen molar-refractivity contribution in [2.75, 3.05) is 7.11 Å². The molecule has 1 aliphatic carbocycles.